The van der Waals surface area contributed by atoms with Gasteiger partial charge < -0.3 is 5.32 Å². The summed E-state index contributed by atoms with van der Waals surface area (Å²) in [5, 5.41) is 3.88. The highest BCUT2D eigenvalue weighted by Gasteiger charge is 2.14. The zero-order valence-electron chi connectivity index (χ0n) is 13.4. The Balaban J connectivity index is 1.76. The molecule has 0 amide bonds. The van der Waals surface area contributed by atoms with Gasteiger partial charge in [-0.2, -0.15) is 0 Å². The van der Waals surface area contributed by atoms with Crippen molar-refractivity contribution in [1.29, 1.82) is 0 Å². The molecule has 0 aliphatic rings. The number of sulfonamides is 1. The number of halogens is 1. The summed E-state index contributed by atoms with van der Waals surface area (Å²) in [5.41, 5.74) is 2.53. The lowest BCUT2D eigenvalue weighted by molar-refractivity contribution is 0.601. The molecule has 0 aliphatic carbocycles. The van der Waals surface area contributed by atoms with E-state index in [4.69, 9.17) is 11.6 Å². The molecule has 0 spiro atoms. The molecular weight excluding hydrogens is 358 g/mol. The van der Waals surface area contributed by atoms with E-state index in [1.807, 2.05) is 25.1 Å². The summed E-state index contributed by atoms with van der Waals surface area (Å²) < 4.78 is 27.0. The summed E-state index contributed by atoms with van der Waals surface area (Å²) in [6.07, 6.45) is 1.56. The Kier molecular flexibility index (Phi) is 4.92. The van der Waals surface area contributed by atoms with E-state index in [2.05, 4.69) is 15.0 Å². The first-order chi connectivity index (χ1) is 12.0. The zero-order chi connectivity index (χ0) is 17.9. The Bertz CT molecular complexity index is 975. The lowest BCUT2D eigenvalue weighted by Gasteiger charge is -2.11. The number of nitrogens with zero attached hydrogens (tertiary/aromatic N) is 1. The van der Waals surface area contributed by atoms with Gasteiger partial charge in [0.25, 0.3) is 10.0 Å². The second kappa shape index (κ2) is 7.13. The number of benzene rings is 2. The van der Waals surface area contributed by atoms with Crippen molar-refractivity contribution in [1.82, 2.24) is 4.98 Å². The third-order valence-corrected chi connectivity index (χ3v) is 5.38. The van der Waals surface area contributed by atoms with Crippen LogP contribution in [0.3, 0.4) is 0 Å². The molecule has 1 aromatic heterocycles. The molecule has 0 saturated carbocycles. The van der Waals surface area contributed by atoms with E-state index in [9.17, 15) is 8.42 Å². The number of rotatable bonds is 5. The molecule has 0 bridgehead atoms. The minimum absolute atomic E-state index is 0.188. The summed E-state index contributed by atoms with van der Waals surface area (Å²) >= 11 is 6.10. The molecule has 0 atom stereocenters. The predicted molar refractivity (Wildman–Crippen MR) is 101 cm³/mol. The van der Waals surface area contributed by atoms with Crippen LogP contribution < -0.4 is 10.0 Å². The lowest BCUT2D eigenvalue weighted by Crippen LogP contribution is -2.13. The maximum absolute atomic E-state index is 12.3. The van der Waals surface area contributed by atoms with Crippen LogP contribution in [0.5, 0.6) is 0 Å². The Labute approximate surface area is 151 Å². The highest BCUT2D eigenvalue weighted by molar-refractivity contribution is 7.92. The highest BCUT2D eigenvalue weighted by atomic mass is 35.5. The van der Waals surface area contributed by atoms with Crippen molar-refractivity contribution in [2.75, 3.05) is 10.0 Å². The Morgan fingerprint density at radius 2 is 1.72 bits per heavy atom. The van der Waals surface area contributed by atoms with Crippen molar-refractivity contribution in [2.45, 2.75) is 11.8 Å². The Morgan fingerprint density at radius 3 is 2.40 bits per heavy atom. The van der Waals surface area contributed by atoms with Crippen LogP contribution in [-0.4, -0.2) is 13.4 Å². The quantitative estimate of drug-likeness (QED) is 0.686. The van der Waals surface area contributed by atoms with Crippen molar-refractivity contribution in [3.05, 3.63) is 77.4 Å². The van der Waals surface area contributed by atoms with Crippen LogP contribution in [0, 0.1) is 6.92 Å². The van der Waals surface area contributed by atoms with Crippen LogP contribution >= 0.6 is 11.6 Å². The second-order valence-electron chi connectivity index (χ2n) is 5.39. The Morgan fingerprint density at radius 1 is 0.960 bits per heavy atom. The van der Waals surface area contributed by atoms with Gasteiger partial charge in [0.1, 0.15) is 5.82 Å². The van der Waals surface area contributed by atoms with Gasteiger partial charge in [0.15, 0.2) is 0 Å². The van der Waals surface area contributed by atoms with E-state index < -0.39 is 10.0 Å². The molecule has 0 unspecified atom stereocenters. The molecule has 2 N–H and O–H groups in total. The molecule has 2 aromatic carbocycles. The fraction of sp³-hybridized carbons (Fsp3) is 0.0556. The number of aromatic nitrogens is 1. The van der Waals surface area contributed by atoms with E-state index in [0.29, 0.717) is 5.02 Å². The molecule has 25 heavy (non-hydrogen) atoms. The van der Waals surface area contributed by atoms with E-state index in [1.54, 1.807) is 36.5 Å². The van der Waals surface area contributed by atoms with E-state index in [0.717, 1.165) is 16.9 Å². The minimum Gasteiger partial charge on any atom is -0.354 e. The first-order valence-corrected chi connectivity index (χ1v) is 9.38. The molecule has 0 radical (unpaired) electrons. The maximum Gasteiger partial charge on any atom is 0.263 e. The van der Waals surface area contributed by atoms with Gasteiger partial charge in [-0.15, -0.1) is 0 Å². The monoisotopic (exact) mass is 373 g/mol. The van der Waals surface area contributed by atoms with Gasteiger partial charge in [0, 0.05) is 10.7 Å². The largest absolute Gasteiger partial charge is 0.354 e. The first kappa shape index (κ1) is 17.3. The smallest absolute Gasteiger partial charge is 0.263 e. The van der Waals surface area contributed by atoms with Crippen molar-refractivity contribution in [3.63, 3.8) is 0 Å². The van der Waals surface area contributed by atoms with Crippen LogP contribution in [0.2, 0.25) is 5.02 Å². The average Bonchev–Trinajstić information content (AvgIpc) is 2.61. The van der Waals surface area contributed by atoms with Crippen LogP contribution in [0.4, 0.5) is 17.2 Å². The third-order valence-electron chi connectivity index (χ3n) is 3.60. The SMILES string of the molecule is Cc1c(Cl)cccc1Nc1ccc(NS(=O)(=O)c2ccccc2)nc1. The van der Waals surface area contributed by atoms with Gasteiger partial charge in [-0.05, 0) is 48.9 Å². The summed E-state index contributed by atoms with van der Waals surface area (Å²) in [6.45, 7) is 1.92. The van der Waals surface area contributed by atoms with Crippen molar-refractivity contribution in [3.8, 4) is 0 Å². The highest BCUT2D eigenvalue weighted by Crippen LogP contribution is 2.26. The van der Waals surface area contributed by atoms with Crippen molar-refractivity contribution in [2.24, 2.45) is 0 Å². The van der Waals surface area contributed by atoms with E-state index >= 15 is 0 Å². The standard InChI is InChI=1S/C18H16ClN3O2S/c1-13-16(19)8-5-9-17(13)21-14-10-11-18(20-12-14)22-25(23,24)15-6-3-2-4-7-15/h2-12,21H,1H3,(H,20,22). The van der Waals surface area contributed by atoms with Crippen LogP contribution in [0.15, 0.2) is 71.8 Å². The van der Waals surface area contributed by atoms with Crippen molar-refractivity contribution >= 4 is 38.8 Å². The van der Waals surface area contributed by atoms with Crippen LogP contribution in [0.1, 0.15) is 5.56 Å². The topological polar surface area (TPSA) is 71.1 Å². The summed E-state index contributed by atoms with van der Waals surface area (Å²) in [4.78, 5) is 4.34. The second-order valence-corrected chi connectivity index (χ2v) is 7.48. The van der Waals surface area contributed by atoms with Gasteiger partial charge >= 0.3 is 0 Å². The van der Waals surface area contributed by atoms with Crippen LogP contribution in [-0.2, 0) is 10.0 Å². The maximum atomic E-state index is 12.3. The average molecular weight is 374 g/mol. The first-order valence-electron chi connectivity index (χ1n) is 7.52. The molecule has 5 nitrogen and oxygen atoms in total. The Hall–Kier alpha value is -2.57. The fourth-order valence-electron chi connectivity index (χ4n) is 2.22. The van der Waals surface area contributed by atoms with Crippen molar-refractivity contribution < 1.29 is 8.42 Å². The normalized spacial score (nSPS) is 11.1. The number of hydrogen-bond donors (Lipinski definition) is 2. The van der Waals surface area contributed by atoms with Gasteiger partial charge in [0.05, 0.1) is 16.8 Å². The minimum atomic E-state index is -3.65. The number of pyridine rings is 1. The lowest BCUT2D eigenvalue weighted by atomic mass is 10.2. The molecule has 3 aromatic rings. The number of anilines is 3. The third kappa shape index (κ3) is 4.10. The molecule has 0 fully saturated rings. The molecule has 1 heterocycles. The number of nitrogens with one attached hydrogen (secondary N) is 2. The van der Waals surface area contributed by atoms with Gasteiger partial charge in [-0.25, -0.2) is 13.4 Å². The molecule has 0 saturated heterocycles. The summed E-state index contributed by atoms with van der Waals surface area (Å²) in [5.74, 6) is 0.247. The van der Waals surface area contributed by atoms with Crippen LogP contribution in [0.25, 0.3) is 0 Å². The molecule has 0 aliphatic heterocycles. The number of hydrogen-bond acceptors (Lipinski definition) is 4. The molecule has 7 heteroatoms. The van der Waals surface area contributed by atoms with E-state index in [-0.39, 0.29) is 10.7 Å². The zero-order valence-corrected chi connectivity index (χ0v) is 15.0. The van der Waals surface area contributed by atoms with Gasteiger partial charge in [-0.3, -0.25) is 4.72 Å². The molecule has 128 valence electrons. The van der Waals surface area contributed by atoms with Gasteiger partial charge in [0.2, 0.25) is 0 Å². The van der Waals surface area contributed by atoms with Gasteiger partial charge in [-0.1, -0.05) is 35.9 Å². The predicted octanol–water partition coefficient (Wildman–Crippen LogP) is 4.59. The molecule has 3 rings (SSSR count). The van der Waals surface area contributed by atoms with E-state index in [1.165, 1.54) is 12.1 Å². The summed E-state index contributed by atoms with van der Waals surface area (Å²) in [6, 6.07) is 17.1. The summed E-state index contributed by atoms with van der Waals surface area (Å²) in [7, 11) is -3.65. The fourth-order valence-corrected chi connectivity index (χ4v) is 3.43. The molecular formula is C18H16ClN3O2S.